The van der Waals surface area contributed by atoms with Gasteiger partial charge in [-0.2, -0.15) is 5.26 Å². The number of pyridine rings is 1. The van der Waals surface area contributed by atoms with Crippen LogP contribution < -0.4 is 0 Å². The van der Waals surface area contributed by atoms with Crippen molar-refractivity contribution in [3.05, 3.63) is 30.1 Å². The Kier molecular flexibility index (Phi) is 11.1. The summed E-state index contributed by atoms with van der Waals surface area (Å²) in [7, 11) is -7.70. The van der Waals surface area contributed by atoms with Gasteiger partial charge in [0.05, 0.1) is 32.5 Å². The number of nitrogens with zero attached hydrogens (tertiary/aromatic N) is 2. The van der Waals surface area contributed by atoms with Crippen LogP contribution >= 0.6 is 15.2 Å². The molecule has 0 aliphatic heterocycles. The molecule has 1 rings (SSSR count). The average Bonchev–Trinajstić information content (AvgIpc) is 2.66. The predicted octanol–water partition coefficient (Wildman–Crippen LogP) is 5.33. The summed E-state index contributed by atoms with van der Waals surface area (Å²) in [4.78, 5) is 4.09. The molecule has 28 heavy (non-hydrogen) atoms. The lowest BCUT2D eigenvalue weighted by Crippen LogP contribution is -2.20. The van der Waals surface area contributed by atoms with E-state index in [0.717, 1.165) is 5.56 Å². The van der Waals surface area contributed by atoms with Crippen molar-refractivity contribution in [2.45, 2.75) is 51.9 Å². The molecule has 0 aromatic carbocycles. The first-order valence-electron chi connectivity index (χ1n) is 9.45. The molecule has 1 aromatic rings. The minimum absolute atomic E-state index is 0.0772. The van der Waals surface area contributed by atoms with E-state index in [1.54, 1.807) is 46.2 Å². The number of rotatable bonds is 14. The molecule has 158 valence electrons. The van der Waals surface area contributed by atoms with Crippen molar-refractivity contribution in [3.8, 4) is 6.07 Å². The van der Waals surface area contributed by atoms with Crippen molar-refractivity contribution in [1.29, 1.82) is 5.26 Å². The Balaban J connectivity index is 3.44. The van der Waals surface area contributed by atoms with Crippen LogP contribution in [0.15, 0.2) is 24.5 Å². The van der Waals surface area contributed by atoms with Gasteiger partial charge in [0.25, 0.3) is 0 Å². The first-order valence-corrected chi connectivity index (χ1v) is 12.7. The van der Waals surface area contributed by atoms with Gasteiger partial charge in [-0.15, -0.1) is 0 Å². The quantitative estimate of drug-likeness (QED) is 0.363. The first-order chi connectivity index (χ1) is 13.4. The number of aromatic nitrogens is 1. The predicted molar refractivity (Wildman–Crippen MR) is 107 cm³/mol. The van der Waals surface area contributed by atoms with E-state index >= 15 is 0 Å². The summed E-state index contributed by atoms with van der Waals surface area (Å²) in [6, 6.07) is 5.71. The van der Waals surface area contributed by atoms with Gasteiger partial charge in [-0.1, -0.05) is 6.07 Å². The summed E-state index contributed by atoms with van der Waals surface area (Å²) in [5.41, 5.74) is 0.771. The molecule has 0 aliphatic rings. The maximum Gasteiger partial charge on any atom is 0.345 e. The van der Waals surface area contributed by atoms with Gasteiger partial charge in [0.2, 0.25) is 0 Å². The number of hydrogen-bond acceptors (Lipinski definition) is 8. The summed E-state index contributed by atoms with van der Waals surface area (Å²) in [5.74, 6) is -0.382. The molecule has 0 aliphatic carbocycles. The van der Waals surface area contributed by atoms with E-state index in [4.69, 9.17) is 18.1 Å². The standard InChI is InChI=1S/C18H30N2O6P2/c1-5-23-27(21,24-6-2)18(28(22,25-7-3)26-8-4)14-16(11-12-19)17-10-9-13-20-15-17/h9-10,13,15-16,18H,5-8,11,14H2,1-4H3. The van der Waals surface area contributed by atoms with E-state index in [-0.39, 0.29) is 45.2 Å². The summed E-state index contributed by atoms with van der Waals surface area (Å²) < 4.78 is 49.2. The van der Waals surface area contributed by atoms with Crippen molar-refractivity contribution in [2.75, 3.05) is 26.4 Å². The molecule has 1 heterocycles. The lowest BCUT2D eigenvalue weighted by atomic mass is 9.95. The van der Waals surface area contributed by atoms with Crippen molar-refractivity contribution < 1.29 is 27.2 Å². The molecule has 0 amide bonds. The average molecular weight is 432 g/mol. The number of nitriles is 1. The fourth-order valence-electron chi connectivity index (χ4n) is 2.89. The zero-order valence-electron chi connectivity index (χ0n) is 16.9. The van der Waals surface area contributed by atoms with Crippen LogP contribution in [0.4, 0.5) is 0 Å². The first kappa shape index (κ1) is 25.0. The second-order valence-electron chi connectivity index (χ2n) is 5.81. The molecular formula is C18H30N2O6P2. The summed E-state index contributed by atoms with van der Waals surface area (Å²) in [6.07, 6.45) is 3.46. The minimum atomic E-state index is -3.85. The summed E-state index contributed by atoms with van der Waals surface area (Å²) >= 11 is 0. The molecule has 1 atom stereocenters. The molecule has 8 nitrogen and oxygen atoms in total. The van der Waals surface area contributed by atoms with Gasteiger partial charge < -0.3 is 18.1 Å². The fourth-order valence-corrected chi connectivity index (χ4v) is 8.38. The molecule has 0 fully saturated rings. The lowest BCUT2D eigenvalue weighted by molar-refractivity contribution is 0.192. The van der Waals surface area contributed by atoms with E-state index in [2.05, 4.69) is 11.1 Å². The van der Waals surface area contributed by atoms with Crippen LogP contribution in [0, 0.1) is 11.3 Å². The Morgan fingerprint density at radius 3 is 1.86 bits per heavy atom. The van der Waals surface area contributed by atoms with Gasteiger partial charge in [0.15, 0.2) is 5.40 Å². The minimum Gasteiger partial charge on any atom is -0.308 e. The topological polar surface area (TPSA) is 108 Å². The van der Waals surface area contributed by atoms with Crippen LogP contribution in [0.3, 0.4) is 0 Å². The second kappa shape index (κ2) is 12.5. The molecule has 0 radical (unpaired) electrons. The van der Waals surface area contributed by atoms with Crippen LogP contribution in [0.25, 0.3) is 0 Å². The van der Waals surface area contributed by atoms with E-state index in [9.17, 15) is 14.4 Å². The molecule has 10 heteroatoms. The van der Waals surface area contributed by atoms with Gasteiger partial charge in [0.1, 0.15) is 0 Å². The van der Waals surface area contributed by atoms with E-state index < -0.39 is 20.6 Å². The normalized spacial score (nSPS) is 13.4. The smallest absolute Gasteiger partial charge is 0.308 e. The third-order valence-corrected chi connectivity index (χ3v) is 10.0. The fraction of sp³-hybridized carbons (Fsp3) is 0.667. The van der Waals surface area contributed by atoms with Crippen molar-refractivity contribution in [3.63, 3.8) is 0 Å². The third-order valence-electron chi connectivity index (χ3n) is 3.96. The summed E-state index contributed by atoms with van der Waals surface area (Å²) in [5, 5.41) is 8.14. The highest BCUT2D eigenvalue weighted by molar-refractivity contribution is 7.72. The highest BCUT2D eigenvalue weighted by Gasteiger charge is 2.51. The highest BCUT2D eigenvalue weighted by atomic mass is 31.2. The zero-order chi connectivity index (χ0) is 21.0. The van der Waals surface area contributed by atoms with Crippen LogP contribution in [0.2, 0.25) is 0 Å². The number of hydrogen-bond donors (Lipinski definition) is 0. The molecule has 1 unspecified atom stereocenters. The van der Waals surface area contributed by atoms with Crippen molar-refractivity contribution in [2.24, 2.45) is 0 Å². The SMILES string of the molecule is CCOP(=O)(OCC)C(CC(CC#N)c1cccnc1)P(=O)(OCC)OCC. The molecule has 0 N–H and O–H groups in total. The van der Waals surface area contributed by atoms with E-state index in [1.807, 2.05) is 6.07 Å². The maximum absolute atomic E-state index is 13.6. The Bertz CT molecular complexity index is 660. The second-order valence-corrected chi connectivity index (χ2v) is 10.7. The van der Waals surface area contributed by atoms with Crippen LogP contribution in [0.5, 0.6) is 0 Å². The zero-order valence-corrected chi connectivity index (χ0v) is 18.7. The van der Waals surface area contributed by atoms with Crippen LogP contribution in [0.1, 0.15) is 52.0 Å². The Morgan fingerprint density at radius 2 is 1.50 bits per heavy atom. The molecular weight excluding hydrogens is 402 g/mol. The summed E-state index contributed by atoms with van der Waals surface area (Å²) in [6.45, 7) is 7.19. The van der Waals surface area contributed by atoms with Crippen LogP contribution in [-0.2, 0) is 27.2 Å². The monoisotopic (exact) mass is 432 g/mol. The highest BCUT2D eigenvalue weighted by Crippen LogP contribution is 2.72. The molecule has 0 spiro atoms. The Hall–Kier alpha value is -1.06. The molecule has 1 aromatic heterocycles. The van der Waals surface area contributed by atoms with Gasteiger partial charge in [-0.3, -0.25) is 14.1 Å². The third kappa shape index (κ3) is 6.77. The van der Waals surface area contributed by atoms with Gasteiger partial charge in [-0.25, -0.2) is 0 Å². The van der Waals surface area contributed by atoms with E-state index in [0.29, 0.717) is 0 Å². The van der Waals surface area contributed by atoms with Crippen LogP contribution in [-0.4, -0.2) is 36.8 Å². The Morgan fingerprint density at radius 1 is 1.00 bits per heavy atom. The molecule has 0 saturated heterocycles. The molecule has 0 bridgehead atoms. The largest absolute Gasteiger partial charge is 0.345 e. The van der Waals surface area contributed by atoms with Crippen molar-refractivity contribution >= 4 is 15.2 Å². The van der Waals surface area contributed by atoms with E-state index in [1.165, 1.54) is 0 Å². The van der Waals surface area contributed by atoms with Gasteiger partial charge >= 0.3 is 15.2 Å². The van der Waals surface area contributed by atoms with Crippen molar-refractivity contribution in [1.82, 2.24) is 4.98 Å². The van der Waals surface area contributed by atoms with Gasteiger partial charge in [0, 0.05) is 18.8 Å². The Labute approximate surface area is 167 Å². The lowest BCUT2D eigenvalue weighted by Gasteiger charge is -2.33. The maximum atomic E-state index is 13.6. The molecule has 0 saturated carbocycles. The van der Waals surface area contributed by atoms with Gasteiger partial charge in [-0.05, 0) is 51.7 Å².